The third-order valence-corrected chi connectivity index (χ3v) is 7.87. The normalized spacial score (nSPS) is 12.0. The number of amides is 2. The van der Waals surface area contributed by atoms with Crippen LogP contribution in [0.15, 0.2) is 66.9 Å². The zero-order valence-electron chi connectivity index (χ0n) is 24.8. The largest absolute Gasteiger partial charge is 0.497 e. The Bertz CT molecular complexity index is 1700. The molecule has 0 aliphatic heterocycles. The average Bonchev–Trinajstić information content (AvgIpc) is 3.60. The molecule has 0 aliphatic carbocycles. The van der Waals surface area contributed by atoms with Crippen LogP contribution in [-0.2, 0) is 16.0 Å². The Morgan fingerprint density at radius 1 is 0.976 bits per heavy atom. The van der Waals surface area contributed by atoms with Crippen LogP contribution in [0.3, 0.4) is 0 Å². The van der Waals surface area contributed by atoms with Crippen molar-refractivity contribution < 1.29 is 14.3 Å². The van der Waals surface area contributed by atoms with Crippen LogP contribution < -0.4 is 10.1 Å². The Morgan fingerprint density at radius 2 is 1.79 bits per heavy atom. The number of nitrogens with one attached hydrogen (secondary N) is 3. The van der Waals surface area contributed by atoms with Crippen LogP contribution in [0.1, 0.15) is 55.2 Å². The maximum Gasteiger partial charge on any atom is 0.225 e. The molecule has 0 saturated carbocycles. The summed E-state index contributed by atoms with van der Waals surface area (Å²) in [6.45, 7) is 1.99. The minimum absolute atomic E-state index is 0.0711. The summed E-state index contributed by atoms with van der Waals surface area (Å²) < 4.78 is 5.42. The molecule has 8 nitrogen and oxygen atoms in total. The number of H-pyrrole nitrogens is 2. The van der Waals surface area contributed by atoms with E-state index in [2.05, 4.69) is 45.6 Å². The lowest BCUT2D eigenvalue weighted by atomic mass is 10.0. The number of carbonyl (C=O) groups excluding carboxylic acids is 2. The Morgan fingerprint density at radius 3 is 2.57 bits per heavy atom. The number of unbranched alkanes of at least 4 members (excludes halogenated alkanes) is 2. The number of hydrogen-bond acceptors (Lipinski definition) is 4. The van der Waals surface area contributed by atoms with Gasteiger partial charge in [-0.05, 0) is 60.4 Å². The molecule has 0 fully saturated rings. The monoisotopic (exact) mass is 565 g/mol. The highest BCUT2D eigenvalue weighted by molar-refractivity contribution is 5.91. The predicted molar refractivity (Wildman–Crippen MR) is 167 cm³/mol. The first-order valence-electron chi connectivity index (χ1n) is 14.5. The number of hydrogen-bond donors (Lipinski definition) is 3. The van der Waals surface area contributed by atoms with Crippen LogP contribution in [0, 0.1) is 6.92 Å². The average molecular weight is 566 g/mol. The van der Waals surface area contributed by atoms with E-state index in [1.165, 1.54) is 5.39 Å². The van der Waals surface area contributed by atoms with Gasteiger partial charge in [-0.3, -0.25) is 9.59 Å². The molecule has 42 heavy (non-hydrogen) atoms. The molecular weight excluding hydrogens is 526 g/mol. The maximum atomic E-state index is 13.5. The fraction of sp³-hybridized carbons (Fsp3) is 0.324. The van der Waals surface area contributed by atoms with Crippen molar-refractivity contribution in [3.8, 4) is 17.0 Å². The Labute approximate surface area is 246 Å². The molecule has 1 atom stereocenters. The van der Waals surface area contributed by atoms with Crippen molar-refractivity contribution in [2.24, 2.45) is 0 Å². The minimum atomic E-state index is -0.281. The lowest BCUT2D eigenvalue weighted by molar-refractivity contribution is -0.128. The maximum absolute atomic E-state index is 13.5. The van der Waals surface area contributed by atoms with Gasteiger partial charge in [-0.25, -0.2) is 4.98 Å². The van der Waals surface area contributed by atoms with E-state index in [0.29, 0.717) is 12.8 Å². The molecule has 8 heteroatoms. The van der Waals surface area contributed by atoms with Crippen LogP contribution in [0.5, 0.6) is 5.75 Å². The molecule has 0 bridgehead atoms. The van der Waals surface area contributed by atoms with Gasteiger partial charge in [0.1, 0.15) is 11.6 Å². The lowest BCUT2D eigenvalue weighted by Gasteiger charge is -2.17. The number of methoxy groups -OCH3 is 1. The summed E-state index contributed by atoms with van der Waals surface area (Å²) in [6.07, 6.45) is 5.89. The van der Waals surface area contributed by atoms with Crippen molar-refractivity contribution in [2.75, 3.05) is 21.2 Å². The SMILES string of the molecule is COc1ccc2[nH]c(C)c(CC(=O)N[C@@H](CCCCCC(=O)N(C)C)c3ncc(-c4ccc5ccccc5c4)[nH]3)c2c1. The van der Waals surface area contributed by atoms with Crippen molar-refractivity contribution in [2.45, 2.75) is 51.5 Å². The fourth-order valence-corrected chi connectivity index (χ4v) is 5.44. The van der Waals surface area contributed by atoms with E-state index in [4.69, 9.17) is 9.72 Å². The molecular formula is C34H39N5O3. The van der Waals surface area contributed by atoms with Crippen LogP contribution in [0.4, 0.5) is 0 Å². The second-order valence-electron chi connectivity index (χ2n) is 11.1. The van der Waals surface area contributed by atoms with Gasteiger partial charge in [-0.2, -0.15) is 0 Å². The van der Waals surface area contributed by atoms with Crippen LogP contribution in [0.2, 0.25) is 0 Å². The number of ether oxygens (including phenoxy) is 1. The highest BCUT2D eigenvalue weighted by atomic mass is 16.5. The van der Waals surface area contributed by atoms with Gasteiger partial charge < -0.3 is 24.9 Å². The molecule has 0 saturated heterocycles. The molecule has 218 valence electrons. The molecule has 5 aromatic rings. The summed E-state index contributed by atoms with van der Waals surface area (Å²) in [5, 5.41) is 6.58. The van der Waals surface area contributed by atoms with Crippen molar-refractivity contribution in [3.63, 3.8) is 0 Å². The summed E-state index contributed by atoms with van der Waals surface area (Å²) in [5.41, 5.74) is 4.85. The summed E-state index contributed by atoms with van der Waals surface area (Å²) in [4.78, 5) is 38.7. The molecule has 2 heterocycles. The Balaban J connectivity index is 1.33. The number of carbonyl (C=O) groups is 2. The molecule has 0 radical (unpaired) electrons. The number of aromatic amines is 2. The van der Waals surface area contributed by atoms with Gasteiger partial charge in [0.05, 0.1) is 31.5 Å². The number of aryl methyl sites for hydroxylation is 1. The number of rotatable bonds is 12. The van der Waals surface area contributed by atoms with Gasteiger partial charge in [0, 0.05) is 42.7 Å². The number of imidazole rings is 1. The lowest BCUT2D eigenvalue weighted by Crippen LogP contribution is -2.30. The molecule has 0 unspecified atom stereocenters. The zero-order valence-corrected chi connectivity index (χ0v) is 24.8. The number of fused-ring (bicyclic) bond motifs is 2. The van der Waals surface area contributed by atoms with E-state index in [1.807, 2.05) is 43.5 Å². The Hall–Kier alpha value is -4.59. The predicted octanol–water partition coefficient (Wildman–Crippen LogP) is 6.47. The zero-order chi connectivity index (χ0) is 29.6. The summed E-state index contributed by atoms with van der Waals surface area (Å²) in [7, 11) is 5.20. The van der Waals surface area contributed by atoms with E-state index >= 15 is 0 Å². The second kappa shape index (κ2) is 12.9. The first kappa shape index (κ1) is 28.9. The van der Waals surface area contributed by atoms with Gasteiger partial charge in [0.2, 0.25) is 11.8 Å². The van der Waals surface area contributed by atoms with E-state index in [0.717, 1.165) is 69.6 Å². The highest BCUT2D eigenvalue weighted by Gasteiger charge is 2.21. The highest BCUT2D eigenvalue weighted by Crippen LogP contribution is 2.28. The molecule has 0 aliphatic rings. The summed E-state index contributed by atoms with van der Waals surface area (Å²) in [6, 6.07) is 20.2. The number of aromatic nitrogens is 3. The third-order valence-electron chi connectivity index (χ3n) is 7.87. The van der Waals surface area contributed by atoms with E-state index in [1.54, 1.807) is 26.1 Å². The topological polar surface area (TPSA) is 103 Å². The quantitative estimate of drug-likeness (QED) is 0.151. The fourth-order valence-electron chi connectivity index (χ4n) is 5.44. The van der Waals surface area contributed by atoms with E-state index in [9.17, 15) is 9.59 Å². The van der Waals surface area contributed by atoms with Crippen molar-refractivity contribution >= 4 is 33.5 Å². The van der Waals surface area contributed by atoms with E-state index < -0.39 is 0 Å². The smallest absolute Gasteiger partial charge is 0.225 e. The number of nitrogens with zero attached hydrogens (tertiary/aromatic N) is 2. The van der Waals surface area contributed by atoms with Crippen molar-refractivity contribution in [1.82, 2.24) is 25.2 Å². The molecule has 2 amide bonds. The van der Waals surface area contributed by atoms with E-state index in [-0.39, 0.29) is 24.3 Å². The molecule has 5 rings (SSSR count). The van der Waals surface area contributed by atoms with Gasteiger partial charge in [0.25, 0.3) is 0 Å². The molecule has 2 aromatic heterocycles. The molecule has 3 aromatic carbocycles. The third kappa shape index (κ3) is 6.65. The summed E-state index contributed by atoms with van der Waals surface area (Å²) in [5.74, 6) is 1.55. The Kier molecular flexibility index (Phi) is 8.91. The first-order chi connectivity index (χ1) is 20.3. The van der Waals surface area contributed by atoms with Crippen molar-refractivity contribution in [3.05, 3.63) is 83.9 Å². The van der Waals surface area contributed by atoms with Crippen molar-refractivity contribution in [1.29, 1.82) is 0 Å². The van der Waals surface area contributed by atoms with Gasteiger partial charge in [-0.15, -0.1) is 0 Å². The second-order valence-corrected chi connectivity index (χ2v) is 11.1. The molecule has 0 spiro atoms. The minimum Gasteiger partial charge on any atom is -0.497 e. The van der Waals surface area contributed by atoms with Crippen LogP contribution in [-0.4, -0.2) is 52.9 Å². The standard InChI is InChI=1S/C34H39N5O3/c1-22-27(28-19-26(42-4)16-17-29(28)36-22)20-32(40)37-30(12-6-5-7-13-33(41)39(2)3)34-35-21-31(38-34)25-15-14-23-10-8-9-11-24(23)18-25/h8-11,14-19,21,30,36H,5-7,12-13,20H2,1-4H3,(H,35,38)(H,37,40)/t30-/m0/s1. The van der Waals surface area contributed by atoms with Crippen LogP contribution >= 0.6 is 0 Å². The van der Waals surface area contributed by atoms with Gasteiger partial charge in [0.15, 0.2) is 0 Å². The number of benzene rings is 3. The molecule has 3 N–H and O–H groups in total. The van der Waals surface area contributed by atoms with Gasteiger partial charge >= 0.3 is 0 Å². The first-order valence-corrected chi connectivity index (χ1v) is 14.5. The summed E-state index contributed by atoms with van der Waals surface area (Å²) >= 11 is 0. The van der Waals surface area contributed by atoms with Crippen LogP contribution in [0.25, 0.3) is 32.9 Å². The van der Waals surface area contributed by atoms with Gasteiger partial charge in [-0.1, -0.05) is 49.2 Å².